The fraction of sp³-hybridized carbons (Fsp3) is 0.188. The monoisotopic (exact) mass is 347 g/mol. The molecule has 3 rings (SSSR count). The van der Waals surface area contributed by atoms with Gasteiger partial charge in [-0.15, -0.1) is 0 Å². The molecule has 128 valence electrons. The molecule has 2 heterocycles. The van der Waals surface area contributed by atoms with Gasteiger partial charge < -0.3 is 10.3 Å². The van der Waals surface area contributed by atoms with Crippen molar-refractivity contribution in [3.05, 3.63) is 53.0 Å². The minimum Gasteiger partial charge on any atom is -0.349 e. The zero-order chi connectivity index (χ0) is 18.2. The van der Waals surface area contributed by atoms with Gasteiger partial charge in [0.15, 0.2) is 0 Å². The van der Waals surface area contributed by atoms with Gasteiger partial charge in [0.25, 0.3) is 5.91 Å². The van der Waals surface area contributed by atoms with Crippen molar-refractivity contribution in [3.8, 4) is 6.07 Å². The van der Waals surface area contributed by atoms with E-state index in [2.05, 4.69) is 15.4 Å². The number of nitrogens with one attached hydrogen (secondary N) is 2. The average molecular weight is 347 g/mol. The predicted octanol–water partition coefficient (Wildman–Crippen LogP) is 2.72. The van der Waals surface area contributed by atoms with Crippen LogP contribution >= 0.6 is 0 Å². The van der Waals surface area contributed by atoms with Crippen molar-refractivity contribution in [2.45, 2.75) is 12.7 Å². The molecule has 0 bridgehead atoms. The molecule has 0 aliphatic rings. The fourth-order valence-electron chi connectivity index (χ4n) is 2.57. The molecule has 0 unspecified atom stereocenters. The number of hydrogen-bond donors (Lipinski definition) is 2. The Labute approximate surface area is 139 Å². The number of para-hydroxylation sites is 1. The number of nitriles is 1. The van der Waals surface area contributed by atoms with Crippen LogP contribution in [0.2, 0.25) is 0 Å². The van der Waals surface area contributed by atoms with E-state index < -0.39 is 17.8 Å². The summed E-state index contributed by atoms with van der Waals surface area (Å²) in [4.78, 5) is 15.2. The van der Waals surface area contributed by atoms with Crippen LogP contribution in [0.4, 0.5) is 13.2 Å². The number of alkyl halides is 3. The second-order valence-corrected chi connectivity index (χ2v) is 5.36. The number of rotatable bonds is 3. The molecule has 2 aromatic heterocycles. The molecular weight excluding hydrogens is 335 g/mol. The van der Waals surface area contributed by atoms with Gasteiger partial charge in [-0.1, -0.05) is 18.2 Å². The van der Waals surface area contributed by atoms with Gasteiger partial charge >= 0.3 is 6.18 Å². The molecule has 0 aliphatic heterocycles. The molecule has 1 amide bonds. The highest BCUT2D eigenvalue weighted by Gasteiger charge is 2.34. The number of halogens is 3. The van der Waals surface area contributed by atoms with E-state index in [-0.39, 0.29) is 23.5 Å². The fourth-order valence-corrected chi connectivity index (χ4v) is 2.57. The normalized spacial score (nSPS) is 11.5. The summed E-state index contributed by atoms with van der Waals surface area (Å²) < 4.78 is 39.0. The number of carbonyl (C=O) groups is 1. The number of aryl methyl sites for hydroxylation is 1. The third-order valence-corrected chi connectivity index (χ3v) is 3.70. The maximum Gasteiger partial charge on any atom is 0.433 e. The van der Waals surface area contributed by atoms with Gasteiger partial charge in [-0.05, 0) is 12.1 Å². The Morgan fingerprint density at radius 3 is 2.76 bits per heavy atom. The number of nitrogens with zero attached hydrogens (tertiary/aromatic N) is 3. The van der Waals surface area contributed by atoms with E-state index in [1.54, 1.807) is 24.3 Å². The van der Waals surface area contributed by atoms with Crippen LogP contribution < -0.4 is 5.32 Å². The molecule has 0 atom stereocenters. The summed E-state index contributed by atoms with van der Waals surface area (Å²) in [5.74, 6) is -0.591. The Balaban J connectivity index is 1.81. The van der Waals surface area contributed by atoms with Crippen LogP contribution in [0.5, 0.6) is 0 Å². The molecule has 0 aliphatic carbocycles. The first-order valence-electron chi connectivity index (χ1n) is 7.20. The molecule has 0 radical (unpaired) electrons. The predicted molar refractivity (Wildman–Crippen MR) is 82.4 cm³/mol. The summed E-state index contributed by atoms with van der Waals surface area (Å²) in [6.45, 7) is -0.191. The first-order chi connectivity index (χ1) is 11.8. The number of H-pyrrole nitrogens is 1. The quantitative estimate of drug-likeness (QED) is 0.764. The third-order valence-electron chi connectivity index (χ3n) is 3.70. The molecule has 6 nitrogen and oxygen atoms in total. The second kappa shape index (κ2) is 5.98. The van der Waals surface area contributed by atoms with Crippen molar-refractivity contribution >= 4 is 16.8 Å². The summed E-state index contributed by atoms with van der Waals surface area (Å²) in [5, 5.41) is 16.1. The summed E-state index contributed by atoms with van der Waals surface area (Å²) in [6, 6.07) is 9.77. The lowest BCUT2D eigenvalue weighted by molar-refractivity contribution is -0.143. The number of hydrogen-bond acceptors (Lipinski definition) is 3. The summed E-state index contributed by atoms with van der Waals surface area (Å²) >= 11 is 0. The number of carbonyl (C=O) groups excluding carboxylic acids is 1. The van der Waals surface area contributed by atoms with Gasteiger partial charge in [0, 0.05) is 18.0 Å². The maximum absolute atomic E-state index is 12.8. The van der Waals surface area contributed by atoms with E-state index >= 15 is 0 Å². The maximum atomic E-state index is 12.8. The van der Waals surface area contributed by atoms with Crippen molar-refractivity contribution in [1.29, 1.82) is 5.26 Å². The van der Waals surface area contributed by atoms with Gasteiger partial charge in [-0.2, -0.15) is 23.5 Å². The first-order valence-corrected chi connectivity index (χ1v) is 7.20. The van der Waals surface area contributed by atoms with Gasteiger partial charge in [-0.3, -0.25) is 9.48 Å². The Morgan fingerprint density at radius 2 is 2.12 bits per heavy atom. The SMILES string of the molecule is Cn1nc(CNC(=O)c2[nH]c3ccccc3c2C#N)cc1C(F)(F)F. The standard InChI is InChI=1S/C16H12F3N5O/c1-24-13(16(17,18)19)6-9(23-24)8-21-15(25)14-11(7-20)10-4-2-3-5-12(10)22-14/h2-6,22H,8H2,1H3,(H,21,25). The molecule has 0 fully saturated rings. The molecular formula is C16H12F3N5O. The Hall–Kier alpha value is -3.28. The van der Waals surface area contributed by atoms with E-state index in [4.69, 9.17) is 0 Å². The minimum atomic E-state index is -4.52. The van der Waals surface area contributed by atoms with Crippen LogP contribution in [-0.2, 0) is 19.8 Å². The zero-order valence-corrected chi connectivity index (χ0v) is 13.0. The van der Waals surface area contributed by atoms with Gasteiger partial charge in [-0.25, -0.2) is 0 Å². The van der Waals surface area contributed by atoms with Gasteiger partial charge in [0.1, 0.15) is 17.5 Å². The van der Waals surface area contributed by atoms with Crippen molar-refractivity contribution in [2.75, 3.05) is 0 Å². The van der Waals surface area contributed by atoms with Crippen LogP contribution in [-0.4, -0.2) is 20.7 Å². The molecule has 3 aromatic rings. The second-order valence-electron chi connectivity index (χ2n) is 5.36. The van der Waals surface area contributed by atoms with Crippen LogP contribution in [0, 0.1) is 11.3 Å². The summed E-state index contributed by atoms with van der Waals surface area (Å²) in [5.41, 5.74) is 0.0417. The number of aromatic amines is 1. The highest BCUT2D eigenvalue weighted by molar-refractivity contribution is 6.02. The Bertz CT molecular complexity index is 994. The van der Waals surface area contributed by atoms with E-state index in [1.807, 2.05) is 6.07 Å². The lowest BCUT2D eigenvalue weighted by Crippen LogP contribution is -2.24. The summed E-state index contributed by atoms with van der Waals surface area (Å²) in [7, 11) is 1.18. The highest BCUT2D eigenvalue weighted by Crippen LogP contribution is 2.29. The molecule has 9 heteroatoms. The van der Waals surface area contributed by atoms with E-state index in [9.17, 15) is 23.2 Å². The van der Waals surface area contributed by atoms with E-state index in [0.717, 1.165) is 6.07 Å². The topological polar surface area (TPSA) is 86.5 Å². The first kappa shape index (κ1) is 16.6. The Morgan fingerprint density at radius 1 is 1.40 bits per heavy atom. The number of benzene rings is 1. The van der Waals surface area contributed by atoms with Crippen molar-refractivity contribution in [2.24, 2.45) is 7.05 Å². The van der Waals surface area contributed by atoms with Crippen LogP contribution in [0.3, 0.4) is 0 Å². The third kappa shape index (κ3) is 3.06. The highest BCUT2D eigenvalue weighted by atomic mass is 19.4. The zero-order valence-electron chi connectivity index (χ0n) is 13.0. The van der Waals surface area contributed by atoms with E-state index in [1.165, 1.54) is 7.05 Å². The molecule has 0 saturated heterocycles. The van der Waals surface area contributed by atoms with Gasteiger partial charge in [0.2, 0.25) is 0 Å². The molecule has 0 spiro atoms. The number of amides is 1. The minimum absolute atomic E-state index is 0.0654. The number of aromatic nitrogens is 3. The van der Waals surface area contributed by atoms with Crippen LogP contribution in [0.15, 0.2) is 30.3 Å². The lowest BCUT2D eigenvalue weighted by Gasteiger charge is -2.04. The smallest absolute Gasteiger partial charge is 0.349 e. The van der Waals surface area contributed by atoms with E-state index in [0.29, 0.717) is 15.6 Å². The van der Waals surface area contributed by atoms with Crippen molar-refractivity contribution in [1.82, 2.24) is 20.1 Å². The molecule has 25 heavy (non-hydrogen) atoms. The van der Waals surface area contributed by atoms with Crippen molar-refractivity contribution < 1.29 is 18.0 Å². The average Bonchev–Trinajstić information content (AvgIpc) is 3.12. The molecule has 1 aromatic carbocycles. The van der Waals surface area contributed by atoms with Crippen molar-refractivity contribution in [3.63, 3.8) is 0 Å². The largest absolute Gasteiger partial charge is 0.433 e. The summed E-state index contributed by atoms with van der Waals surface area (Å²) in [6.07, 6.45) is -4.52. The lowest BCUT2D eigenvalue weighted by atomic mass is 10.1. The van der Waals surface area contributed by atoms with Crippen LogP contribution in [0.1, 0.15) is 27.4 Å². The molecule has 2 N–H and O–H groups in total. The van der Waals surface area contributed by atoms with Crippen LogP contribution in [0.25, 0.3) is 10.9 Å². The Kier molecular flexibility index (Phi) is 3.96. The number of fused-ring (bicyclic) bond motifs is 1. The molecule has 0 saturated carbocycles. The van der Waals surface area contributed by atoms with Gasteiger partial charge in [0.05, 0.1) is 17.8 Å².